The fraction of sp³-hybridized carbons (Fsp3) is 0.435. The van der Waals surface area contributed by atoms with Crippen LogP contribution in [0.4, 0.5) is 11.4 Å². The summed E-state index contributed by atoms with van der Waals surface area (Å²) in [6.07, 6.45) is 1.12. The van der Waals surface area contributed by atoms with Gasteiger partial charge in [-0.2, -0.15) is 0 Å². The molecule has 1 unspecified atom stereocenters. The molecule has 1 heterocycles. The van der Waals surface area contributed by atoms with E-state index in [4.69, 9.17) is 9.47 Å². The Balaban J connectivity index is 1.73. The first-order valence-electron chi connectivity index (χ1n) is 10.6. The van der Waals surface area contributed by atoms with Gasteiger partial charge in [0.1, 0.15) is 17.5 Å². The fourth-order valence-electron chi connectivity index (χ4n) is 3.98. The molecule has 3 rings (SSSR count). The lowest BCUT2D eigenvalue weighted by atomic mass is 10.2. The summed E-state index contributed by atoms with van der Waals surface area (Å²) in [6.45, 7) is 6.31. The van der Waals surface area contributed by atoms with Crippen LogP contribution in [0.3, 0.4) is 0 Å². The molecule has 1 aliphatic heterocycles. The van der Waals surface area contributed by atoms with Crippen LogP contribution in [0, 0.1) is 0 Å². The molecule has 1 fully saturated rings. The summed E-state index contributed by atoms with van der Waals surface area (Å²) in [5, 5.41) is 0. The number of methoxy groups -OCH3 is 1. The number of hydrogen-bond acceptors (Lipinski definition) is 6. The summed E-state index contributed by atoms with van der Waals surface area (Å²) in [5.74, 6) is 1.22. The van der Waals surface area contributed by atoms with Gasteiger partial charge in [-0.3, -0.25) is 9.10 Å². The third-order valence-electron chi connectivity index (χ3n) is 5.49. The van der Waals surface area contributed by atoms with Crippen molar-refractivity contribution in [3.63, 3.8) is 0 Å². The average Bonchev–Trinajstić information content (AvgIpc) is 2.79. The number of hydrogen-bond donors (Lipinski definition) is 0. The third kappa shape index (κ3) is 5.27. The number of carbonyl (C=O) groups is 1. The summed E-state index contributed by atoms with van der Waals surface area (Å²) in [6, 6.07) is 13.7. The first kappa shape index (κ1) is 23.7. The van der Waals surface area contributed by atoms with Crippen molar-refractivity contribution in [3.05, 3.63) is 48.5 Å². The van der Waals surface area contributed by atoms with Gasteiger partial charge >= 0.3 is 0 Å². The van der Waals surface area contributed by atoms with E-state index >= 15 is 0 Å². The van der Waals surface area contributed by atoms with Crippen molar-refractivity contribution in [2.75, 3.05) is 55.4 Å². The molecule has 0 aromatic heterocycles. The van der Waals surface area contributed by atoms with Crippen LogP contribution in [0.2, 0.25) is 0 Å². The van der Waals surface area contributed by atoms with Crippen LogP contribution >= 0.6 is 0 Å². The number of benzene rings is 2. The highest BCUT2D eigenvalue weighted by atomic mass is 32.2. The van der Waals surface area contributed by atoms with Crippen molar-refractivity contribution in [1.82, 2.24) is 4.90 Å². The van der Waals surface area contributed by atoms with Crippen LogP contribution in [0.25, 0.3) is 0 Å². The second-order valence-electron chi connectivity index (χ2n) is 7.65. The van der Waals surface area contributed by atoms with E-state index in [0.29, 0.717) is 44.2 Å². The summed E-state index contributed by atoms with van der Waals surface area (Å²) in [7, 11) is -2.03. The lowest BCUT2D eigenvalue weighted by Gasteiger charge is -2.39. The second kappa shape index (κ2) is 10.1. The smallest absolute Gasteiger partial charge is 0.246 e. The van der Waals surface area contributed by atoms with Crippen LogP contribution in [0.1, 0.15) is 13.8 Å². The first-order valence-corrected chi connectivity index (χ1v) is 12.5. The Bertz CT molecular complexity index is 1020. The van der Waals surface area contributed by atoms with Crippen molar-refractivity contribution >= 4 is 27.3 Å². The van der Waals surface area contributed by atoms with E-state index in [9.17, 15) is 13.2 Å². The van der Waals surface area contributed by atoms with E-state index < -0.39 is 16.1 Å². The Morgan fingerprint density at radius 2 is 1.69 bits per heavy atom. The van der Waals surface area contributed by atoms with Crippen molar-refractivity contribution in [2.45, 2.75) is 19.9 Å². The number of rotatable bonds is 8. The van der Waals surface area contributed by atoms with Crippen LogP contribution in [-0.2, 0) is 14.8 Å². The first-order chi connectivity index (χ1) is 15.3. The number of amides is 1. The van der Waals surface area contributed by atoms with E-state index in [1.807, 2.05) is 31.2 Å². The molecule has 1 atom stereocenters. The monoisotopic (exact) mass is 461 g/mol. The molecule has 174 valence electrons. The highest BCUT2D eigenvalue weighted by Gasteiger charge is 2.33. The standard InChI is InChI=1S/C23H31N3O5S/c1-5-31-20-12-10-19(11-13-20)26(32(4,28)29)18(2)23(27)25-16-14-24(15-17-25)21-8-6-7-9-22(21)30-3/h6-13,18H,5,14-17H2,1-4H3. The molecule has 0 spiro atoms. The van der Waals surface area contributed by atoms with E-state index in [2.05, 4.69) is 4.90 Å². The number of carbonyl (C=O) groups excluding carboxylic acids is 1. The Morgan fingerprint density at radius 3 is 2.25 bits per heavy atom. The van der Waals surface area contributed by atoms with E-state index in [-0.39, 0.29) is 5.91 Å². The molecule has 1 amide bonds. The van der Waals surface area contributed by atoms with Crippen LogP contribution in [-0.4, -0.2) is 71.4 Å². The molecule has 1 aliphatic rings. The van der Waals surface area contributed by atoms with Gasteiger partial charge in [-0.05, 0) is 50.2 Å². The minimum atomic E-state index is -3.67. The molecule has 0 aliphatic carbocycles. The van der Waals surface area contributed by atoms with Crippen LogP contribution in [0.15, 0.2) is 48.5 Å². The number of piperazine rings is 1. The Labute approximate surface area is 190 Å². The molecule has 0 saturated carbocycles. The maximum atomic E-state index is 13.2. The van der Waals surface area contributed by atoms with Crippen molar-refractivity contribution in [3.8, 4) is 11.5 Å². The molecule has 2 aromatic carbocycles. The van der Waals surface area contributed by atoms with Crippen LogP contribution < -0.4 is 18.7 Å². The fourth-order valence-corrected chi connectivity index (χ4v) is 5.15. The zero-order chi connectivity index (χ0) is 23.3. The molecule has 32 heavy (non-hydrogen) atoms. The van der Waals surface area contributed by atoms with Gasteiger partial charge < -0.3 is 19.3 Å². The SMILES string of the molecule is CCOc1ccc(N(C(C)C(=O)N2CCN(c3ccccc3OC)CC2)S(C)(=O)=O)cc1. The topological polar surface area (TPSA) is 79.4 Å². The predicted octanol–water partition coefficient (Wildman–Crippen LogP) is 2.60. The van der Waals surface area contributed by atoms with E-state index in [1.54, 1.807) is 43.2 Å². The number of anilines is 2. The second-order valence-corrected chi connectivity index (χ2v) is 9.51. The molecule has 0 N–H and O–H groups in total. The van der Waals surface area contributed by atoms with Gasteiger partial charge in [-0.15, -0.1) is 0 Å². The predicted molar refractivity (Wildman–Crippen MR) is 126 cm³/mol. The van der Waals surface area contributed by atoms with Gasteiger partial charge in [-0.25, -0.2) is 8.42 Å². The average molecular weight is 462 g/mol. The van der Waals surface area contributed by atoms with Crippen molar-refractivity contribution in [2.24, 2.45) is 0 Å². The van der Waals surface area contributed by atoms with Gasteiger partial charge in [0.2, 0.25) is 15.9 Å². The van der Waals surface area contributed by atoms with Crippen molar-refractivity contribution < 1.29 is 22.7 Å². The number of para-hydroxylation sites is 2. The normalized spacial score (nSPS) is 15.2. The van der Waals surface area contributed by atoms with E-state index in [0.717, 1.165) is 17.7 Å². The zero-order valence-electron chi connectivity index (χ0n) is 19.0. The molecule has 8 nitrogen and oxygen atoms in total. The van der Waals surface area contributed by atoms with Gasteiger partial charge in [0.05, 0.1) is 31.3 Å². The number of nitrogens with zero attached hydrogens (tertiary/aromatic N) is 3. The summed E-state index contributed by atoms with van der Waals surface area (Å²) >= 11 is 0. The number of ether oxygens (including phenoxy) is 2. The highest BCUT2D eigenvalue weighted by molar-refractivity contribution is 7.92. The molecule has 0 bridgehead atoms. The van der Waals surface area contributed by atoms with E-state index in [1.165, 1.54) is 4.31 Å². The molecular formula is C23H31N3O5S. The van der Waals surface area contributed by atoms with Crippen molar-refractivity contribution in [1.29, 1.82) is 0 Å². The lowest BCUT2D eigenvalue weighted by Crippen LogP contribution is -2.55. The maximum Gasteiger partial charge on any atom is 0.246 e. The maximum absolute atomic E-state index is 13.2. The Morgan fingerprint density at radius 1 is 1.06 bits per heavy atom. The molecule has 0 radical (unpaired) electrons. The molecule has 1 saturated heterocycles. The summed E-state index contributed by atoms with van der Waals surface area (Å²) in [5.41, 5.74) is 1.42. The Hall–Kier alpha value is -2.94. The molecular weight excluding hydrogens is 430 g/mol. The minimum Gasteiger partial charge on any atom is -0.495 e. The highest BCUT2D eigenvalue weighted by Crippen LogP contribution is 2.29. The zero-order valence-corrected chi connectivity index (χ0v) is 19.8. The number of sulfonamides is 1. The molecule has 9 heteroatoms. The summed E-state index contributed by atoms with van der Waals surface area (Å²) < 4.78 is 37.2. The van der Waals surface area contributed by atoms with Gasteiger partial charge in [0, 0.05) is 26.2 Å². The third-order valence-corrected chi connectivity index (χ3v) is 6.73. The minimum absolute atomic E-state index is 0.219. The van der Waals surface area contributed by atoms with Gasteiger partial charge in [0.25, 0.3) is 0 Å². The quantitative estimate of drug-likeness (QED) is 0.601. The summed E-state index contributed by atoms with van der Waals surface area (Å²) in [4.78, 5) is 17.1. The largest absolute Gasteiger partial charge is 0.495 e. The lowest BCUT2D eigenvalue weighted by molar-refractivity contribution is -0.132. The van der Waals surface area contributed by atoms with Gasteiger partial charge in [0.15, 0.2) is 0 Å². The van der Waals surface area contributed by atoms with Crippen LogP contribution in [0.5, 0.6) is 11.5 Å². The Kier molecular flexibility index (Phi) is 7.50. The molecule has 2 aromatic rings. The van der Waals surface area contributed by atoms with Gasteiger partial charge in [-0.1, -0.05) is 12.1 Å².